The van der Waals surface area contributed by atoms with Gasteiger partial charge in [0.25, 0.3) is 10.1 Å². The van der Waals surface area contributed by atoms with Crippen molar-refractivity contribution in [1.29, 1.82) is 0 Å². The summed E-state index contributed by atoms with van der Waals surface area (Å²) in [5, 5.41) is 23.5. The highest BCUT2D eigenvalue weighted by Crippen LogP contribution is 2.27. The van der Waals surface area contributed by atoms with Crippen molar-refractivity contribution in [3.05, 3.63) is 60.0 Å². The lowest BCUT2D eigenvalue weighted by Gasteiger charge is -2.23. The fourth-order valence-corrected chi connectivity index (χ4v) is 8.87. The van der Waals surface area contributed by atoms with E-state index < -0.39 is 62.2 Å². The van der Waals surface area contributed by atoms with Crippen LogP contribution in [0.5, 0.6) is 5.75 Å². The van der Waals surface area contributed by atoms with Crippen LogP contribution in [0.15, 0.2) is 53.8 Å². The number of hydrogen-bond acceptors (Lipinski definition) is 13. The number of H-pyrrole nitrogens is 1. The number of aliphatic carboxylic acids is 1. The van der Waals surface area contributed by atoms with Crippen LogP contribution >= 0.6 is 0 Å². The van der Waals surface area contributed by atoms with Gasteiger partial charge >= 0.3 is 12.1 Å². The van der Waals surface area contributed by atoms with Gasteiger partial charge in [-0.25, -0.2) is 18.2 Å². The summed E-state index contributed by atoms with van der Waals surface area (Å²) in [5.41, 5.74) is 0.875. The third-order valence-electron chi connectivity index (χ3n) is 9.10. The molecule has 4 rings (SSSR count). The van der Waals surface area contributed by atoms with Gasteiger partial charge in [0.05, 0.1) is 35.5 Å². The first-order chi connectivity index (χ1) is 29.1. The Morgan fingerprint density at radius 3 is 2.39 bits per heavy atom. The highest BCUT2D eigenvalue weighted by molar-refractivity contribution is 7.89. The Bertz CT molecular complexity index is 2360. The molecular weight excluding hydrogens is 851 g/mol. The summed E-state index contributed by atoms with van der Waals surface area (Å²) in [5.74, 6) is -1.52. The van der Waals surface area contributed by atoms with Crippen LogP contribution in [0.1, 0.15) is 64.0 Å². The molecule has 3 amide bonds. The van der Waals surface area contributed by atoms with Gasteiger partial charge in [-0.1, -0.05) is 0 Å². The van der Waals surface area contributed by atoms with Crippen molar-refractivity contribution in [1.82, 2.24) is 35.1 Å². The van der Waals surface area contributed by atoms with Gasteiger partial charge in [0.1, 0.15) is 17.4 Å². The average molecular weight is 906 g/mol. The van der Waals surface area contributed by atoms with E-state index in [9.17, 15) is 45.7 Å². The van der Waals surface area contributed by atoms with Gasteiger partial charge < -0.3 is 40.4 Å². The molecule has 7 N–H and O–H groups in total. The maximum atomic E-state index is 13.6. The predicted octanol–water partition coefficient (Wildman–Crippen LogP) is 3.11. The summed E-state index contributed by atoms with van der Waals surface area (Å²) in [7, 11) is -8.82. The first-order valence-electron chi connectivity index (χ1n) is 19.8. The van der Waals surface area contributed by atoms with Crippen molar-refractivity contribution in [2.75, 3.05) is 42.2 Å². The van der Waals surface area contributed by atoms with Crippen LogP contribution in [0, 0.1) is 13.8 Å². The molecule has 0 aliphatic carbocycles. The number of rotatable bonds is 25. The van der Waals surface area contributed by atoms with Crippen molar-refractivity contribution in [2.24, 2.45) is 0 Å². The molecule has 2 aromatic heterocycles. The number of amides is 3. The highest BCUT2D eigenvalue weighted by Gasteiger charge is 2.30. The number of nitrogens with one attached hydrogen (secondary N) is 5. The number of carboxylic acids is 1. The first kappa shape index (κ1) is 48.9. The van der Waals surface area contributed by atoms with Crippen LogP contribution in [-0.2, 0) is 45.8 Å². The zero-order valence-corrected chi connectivity index (χ0v) is 36.8. The number of aromatic amines is 1. The van der Waals surface area contributed by atoms with Crippen molar-refractivity contribution in [3.63, 3.8) is 0 Å². The quantitative estimate of drug-likeness (QED) is 0.0286. The number of fused-ring (bicyclic) bond motifs is 1. The number of carbonyl (C=O) groups is 4. The lowest BCUT2D eigenvalue weighted by molar-refractivity contribution is -0.138. The van der Waals surface area contributed by atoms with Crippen LogP contribution in [0.2, 0.25) is 0 Å². The highest BCUT2D eigenvalue weighted by atomic mass is 32.2. The van der Waals surface area contributed by atoms with Crippen LogP contribution in [-0.4, -0.2) is 120 Å². The van der Waals surface area contributed by atoms with Crippen LogP contribution < -0.4 is 30.3 Å². The molecule has 23 heteroatoms. The lowest BCUT2D eigenvalue weighted by Crippen LogP contribution is -2.48. The third kappa shape index (κ3) is 15.6. The minimum atomic E-state index is -4.43. The fraction of sp³-hybridized carbons (Fsp3) is 0.487. The molecule has 0 saturated carbocycles. The number of ether oxygens (including phenoxy) is 2. The van der Waals surface area contributed by atoms with Crippen LogP contribution in [0.25, 0.3) is 10.9 Å². The maximum absolute atomic E-state index is 13.6. The molecule has 0 spiro atoms. The van der Waals surface area contributed by atoms with Gasteiger partial charge in [-0.2, -0.15) is 18.2 Å². The van der Waals surface area contributed by atoms with E-state index >= 15 is 0 Å². The van der Waals surface area contributed by atoms with Gasteiger partial charge in [0.15, 0.2) is 5.95 Å². The molecular formula is C39H55N9O12S2. The second-order valence-corrected chi connectivity index (χ2v) is 18.7. The largest absolute Gasteiger partial charge is 0.494 e. The minimum absolute atomic E-state index is 0.0798. The minimum Gasteiger partial charge on any atom is -0.494 e. The zero-order valence-electron chi connectivity index (χ0n) is 35.2. The van der Waals surface area contributed by atoms with E-state index in [1.165, 1.54) is 26.0 Å². The molecule has 21 nitrogen and oxygen atoms in total. The monoisotopic (exact) mass is 905 g/mol. The van der Waals surface area contributed by atoms with Gasteiger partial charge in [-0.3, -0.25) is 23.6 Å². The van der Waals surface area contributed by atoms with Crippen molar-refractivity contribution in [3.8, 4) is 5.75 Å². The number of alkyl carbamates (subject to hydrolysis) is 1. The van der Waals surface area contributed by atoms with E-state index in [0.717, 1.165) is 16.8 Å². The Balaban J connectivity index is 1.26. The predicted molar refractivity (Wildman–Crippen MR) is 229 cm³/mol. The van der Waals surface area contributed by atoms with Crippen molar-refractivity contribution in [2.45, 2.75) is 95.8 Å². The Morgan fingerprint density at radius 1 is 1.03 bits per heavy atom. The first-order valence-corrected chi connectivity index (χ1v) is 22.8. The number of aromatic nitrogens is 4. The summed E-state index contributed by atoms with van der Waals surface area (Å²) in [6.07, 6.45) is 6.14. The van der Waals surface area contributed by atoms with Gasteiger partial charge in [0.2, 0.25) is 22.3 Å². The number of benzene rings is 2. The molecule has 0 bridgehead atoms. The smallest absolute Gasteiger partial charge is 0.407 e. The Labute approximate surface area is 360 Å². The summed E-state index contributed by atoms with van der Waals surface area (Å²) in [6.45, 7) is 9.02. The van der Waals surface area contributed by atoms with E-state index in [1.54, 1.807) is 62.2 Å². The van der Waals surface area contributed by atoms with Gasteiger partial charge in [-0.05, 0) is 102 Å². The van der Waals surface area contributed by atoms with Crippen LogP contribution in [0.4, 0.5) is 16.4 Å². The topological polar surface area (TPSA) is 293 Å². The van der Waals surface area contributed by atoms with E-state index in [1.807, 2.05) is 0 Å². The Morgan fingerprint density at radius 2 is 1.76 bits per heavy atom. The number of aryl methyl sites for hydroxylation is 3. The number of imidazole rings is 1. The molecule has 0 aliphatic heterocycles. The van der Waals surface area contributed by atoms with Crippen LogP contribution in [0.3, 0.4) is 0 Å². The summed E-state index contributed by atoms with van der Waals surface area (Å²) in [4.78, 5) is 57.1. The molecule has 4 aromatic rings. The molecule has 0 fully saturated rings. The number of sulfonamides is 1. The SMILES string of the molecule is Cc1cc(OCCCC(=O)NCCC[C@H](CS(=O)(=O)O)NC(=O)OC(C)(C)C)cc(C)c1S(=O)(=O)N[C@@H](CN(C=O)c1ccc2c(cnn2CCCNc2ncc[nH]2)c1)C(=O)O. The van der Waals surface area contributed by atoms with Crippen molar-refractivity contribution >= 4 is 67.1 Å². The van der Waals surface area contributed by atoms with Gasteiger partial charge in [-0.15, -0.1) is 0 Å². The van der Waals surface area contributed by atoms with Crippen molar-refractivity contribution < 1.29 is 55.1 Å². The van der Waals surface area contributed by atoms with E-state index in [-0.39, 0.29) is 47.9 Å². The zero-order chi connectivity index (χ0) is 45.7. The normalized spacial score (nSPS) is 12.9. The maximum Gasteiger partial charge on any atom is 0.407 e. The summed E-state index contributed by atoms with van der Waals surface area (Å²) in [6, 6.07) is 5.37. The van der Waals surface area contributed by atoms with E-state index in [4.69, 9.17) is 9.47 Å². The van der Waals surface area contributed by atoms with Gasteiger partial charge in [0, 0.05) is 55.6 Å². The second-order valence-electron chi connectivity index (χ2n) is 15.5. The number of carboxylic acid groups (broad SMARTS) is 1. The number of anilines is 2. The second kappa shape index (κ2) is 21.8. The standard InChI is InChI=1S/C39H55N9O12S2/c1-26-19-31(59-18-7-10-34(50)40-13-6-9-29(24-61(54,55)56)45-38(53)60-39(3,4)5)20-27(2)35(26)62(57,58)46-32(36(51)52)23-47(25-49)30-11-12-33-28(21-30)22-44-48(33)17-8-14-41-37-42-15-16-43-37/h11-12,15-16,19-22,25,29,32,46H,6-10,13-14,17-18,23-24H2,1-5H3,(H,40,50)(H,45,53)(H,51,52)(H2,41,42,43)(H,54,55,56)/t29-,32+/m1/s1. The van der Waals surface area contributed by atoms with E-state index in [2.05, 4.69) is 35.7 Å². The molecule has 2 aromatic carbocycles. The Hall–Kier alpha value is -5.78. The fourth-order valence-electron chi connectivity index (χ4n) is 6.48. The third-order valence-corrected chi connectivity index (χ3v) is 11.7. The molecule has 0 radical (unpaired) electrons. The molecule has 2 heterocycles. The summed E-state index contributed by atoms with van der Waals surface area (Å²) >= 11 is 0. The number of hydrogen-bond donors (Lipinski definition) is 7. The Kier molecular flexibility index (Phi) is 17.2. The van der Waals surface area contributed by atoms with E-state index in [0.29, 0.717) is 55.1 Å². The lowest BCUT2D eigenvalue weighted by atomic mass is 10.1. The molecule has 0 aliphatic rings. The molecule has 0 saturated heterocycles. The number of nitrogens with zero attached hydrogens (tertiary/aromatic N) is 4. The molecule has 340 valence electrons. The molecule has 62 heavy (non-hydrogen) atoms. The molecule has 0 unspecified atom stereocenters. The molecule has 2 atom stereocenters. The number of carbonyl (C=O) groups excluding carboxylic acids is 3. The average Bonchev–Trinajstić information content (AvgIpc) is 3.83. The summed E-state index contributed by atoms with van der Waals surface area (Å²) < 4.78 is 74.4.